The third-order valence-electron chi connectivity index (χ3n) is 4.60. The molecule has 2 N–H and O–H groups in total. The minimum absolute atomic E-state index is 0.281. The molecule has 0 amide bonds. The number of rotatable bonds is 5. The minimum Gasteiger partial charge on any atom is -0.494 e. The Hall–Kier alpha value is -1.81. The van der Waals surface area contributed by atoms with Gasteiger partial charge in [-0.2, -0.15) is 0 Å². The quantitative estimate of drug-likeness (QED) is 0.887. The fourth-order valence-corrected chi connectivity index (χ4v) is 3.38. The number of para-hydroxylation sites is 1. The largest absolute Gasteiger partial charge is 0.494 e. The molecule has 1 unspecified atom stereocenters. The van der Waals surface area contributed by atoms with Gasteiger partial charge in [-0.25, -0.2) is 4.98 Å². The lowest BCUT2D eigenvalue weighted by molar-refractivity contribution is 0.123. The molecule has 118 valence electrons. The first-order chi connectivity index (χ1) is 10.7. The molecule has 2 aromatic rings. The summed E-state index contributed by atoms with van der Waals surface area (Å²) in [4.78, 5) is 4.58. The monoisotopic (exact) mass is 300 g/mol. The van der Waals surface area contributed by atoms with E-state index in [2.05, 4.69) is 10.3 Å². The number of anilines is 1. The number of ether oxygens (including phenoxy) is 1. The molecule has 1 atom stereocenters. The molecule has 0 saturated heterocycles. The molecule has 0 aliphatic heterocycles. The van der Waals surface area contributed by atoms with Crippen LogP contribution >= 0.6 is 0 Å². The second-order valence-corrected chi connectivity index (χ2v) is 6.16. The van der Waals surface area contributed by atoms with Crippen LogP contribution in [0.5, 0.6) is 5.75 Å². The van der Waals surface area contributed by atoms with Crippen molar-refractivity contribution in [3.8, 4) is 5.75 Å². The van der Waals surface area contributed by atoms with Gasteiger partial charge in [0.25, 0.3) is 0 Å². The zero-order valence-corrected chi connectivity index (χ0v) is 13.3. The molecule has 1 aliphatic rings. The van der Waals surface area contributed by atoms with Crippen LogP contribution < -0.4 is 10.1 Å². The lowest BCUT2D eigenvalue weighted by Crippen LogP contribution is -2.26. The highest BCUT2D eigenvalue weighted by atomic mass is 16.5. The van der Waals surface area contributed by atoms with Crippen molar-refractivity contribution < 1.29 is 9.84 Å². The highest BCUT2D eigenvalue weighted by molar-refractivity contribution is 5.95. The number of fused-ring (bicyclic) bond motifs is 1. The second-order valence-electron chi connectivity index (χ2n) is 6.16. The predicted molar refractivity (Wildman–Crippen MR) is 89.5 cm³/mol. The van der Waals surface area contributed by atoms with E-state index in [9.17, 15) is 5.11 Å². The smallest absolute Gasteiger partial charge is 0.145 e. The van der Waals surface area contributed by atoms with Crippen LogP contribution in [0.4, 0.5) is 5.69 Å². The first-order valence-corrected chi connectivity index (χ1v) is 8.05. The molecular weight excluding hydrogens is 276 g/mol. The molecule has 1 aromatic heterocycles. The number of hydrogen-bond acceptors (Lipinski definition) is 4. The molecule has 3 rings (SSSR count). The van der Waals surface area contributed by atoms with Crippen molar-refractivity contribution in [1.29, 1.82) is 0 Å². The molecule has 0 radical (unpaired) electrons. The van der Waals surface area contributed by atoms with Crippen molar-refractivity contribution in [2.75, 3.05) is 19.0 Å². The molecule has 4 nitrogen and oxygen atoms in total. The maximum Gasteiger partial charge on any atom is 0.145 e. The zero-order valence-electron chi connectivity index (χ0n) is 13.3. The van der Waals surface area contributed by atoms with Gasteiger partial charge in [0.1, 0.15) is 11.3 Å². The van der Waals surface area contributed by atoms with E-state index >= 15 is 0 Å². The standard InChI is InChI=1S/C18H24N2O2/c1-12-10-15(19-11-16(21)13-6-3-4-7-13)14-8-5-9-17(22-2)18(14)20-12/h5,8-10,13,16,21H,3-4,6-7,11H2,1-2H3,(H,19,20). The highest BCUT2D eigenvalue weighted by Crippen LogP contribution is 2.31. The van der Waals surface area contributed by atoms with Gasteiger partial charge in [-0.1, -0.05) is 25.0 Å². The van der Waals surface area contributed by atoms with Gasteiger partial charge in [0.2, 0.25) is 0 Å². The molecule has 1 aliphatic carbocycles. The molecule has 1 fully saturated rings. The highest BCUT2D eigenvalue weighted by Gasteiger charge is 2.23. The Morgan fingerprint density at radius 1 is 1.36 bits per heavy atom. The van der Waals surface area contributed by atoms with Gasteiger partial charge in [0.05, 0.1) is 13.2 Å². The third-order valence-corrected chi connectivity index (χ3v) is 4.60. The van der Waals surface area contributed by atoms with Gasteiger partial charge >= 0.3 is 0 Å². The van der Waals surface area contributed by atoms with Crippen LogP contribution in [-0.4, -0.2) is 29.8 Å². The normalized spacial score (nSPS) is 16.9. The Balaban J connectivity index is 1.83. The summed E-state index contributed by atoms with van der Waals surface area (Å²) in [6.07, 6.45) is 4.50. The molecule has 22 heavy (non-hydrogen) atoms. The fraction of sp³-hybridized carbons (Fsp3) is 0.500. The Morgan fingerprint density at radius 3 is 2.86 bits per heavy atom. The number of nitrogens with zero attached hydrogens (tertiary/aromatic N) is 1. The Kier molecular flexibility index (Phi) is 4.48. The van der Waals surface area contributed by atoms with E-state index in [-0.39, 0.29) is 6.10 Å². The van der Waals surface area contributed by atoms with Crippen LogP contribution in [0.1, 0.15) is 31.4 Å². The molecule has 1 heterocycles. The van der Waals surface area contributed by atoms with Crippen molar-refractivity contribution >= 4 is 16.6 Å². The number of aliphatic hydroxyl groups is 1. The zero-order chi connectivity index (χ0) is 15.5. The van der Waals surface area contributed by atoms with Gasteiger partial charge in [-0.15, -0.1) is 0 Å². The van der Waals surface area contributed by atoms with E-state index in [1.807, 2.05) is 31.2 Å². The van der Waals surface area contributed by atoms with E-state index in [1.54, 1.807) is 7.11 Å². The predicted octanol–water partition coefficient (Wildman–Crippen LogP) is 3.51. The number of aliphatic hydroxyl groups excluding tert-OH is 1. The molecule has 0 bridgehead atoms. The van der Waals surface area contributed by atoms with Crippen LogP contribution in [0.3, 0.4) is 0 Å². The summed E-state index contributed by atoms with van der Waals surface area (Å²) >= 11 is 0. The summed E-state index contributed by atoms with van der Waals surface area (Å²) in [5.41, 5.74) is 2.82. The second kappa shape index (κ2) is 6.53. The maximum atomic E-state index is 10.3. The summed E-state index contributed by atoms with van der Waals surface area (Å²) < 4.78 is 5.40. The van der Waals surface area contributed by atoms with E-state index in [0.717, 1.165) is 40.9 Å². The molecular formula is C18H24N2O2. The van der Waals surface area contributed by atoms with Crippen LogP contribution in [-0.2, 0) is 0 Å². The van der Waals surface area contributed by atoms with E-state index in [4.69, 9.17) is 4.74 Å². The third kappa shape index (κ3) is 3.02. The number of pyridine rings is 1. The molecule has 1 saturated carbocycles. The summed E-state index contributed by atoms with van der Waals surface area (Å²) in [6.45, 7) is 2.56. The topological polar surface area (TPSA) is 54.4 Å². The SMILES string of the molecule is COc1cccc2c(NCC(O)C3CCCC3)cc(C)nc12. The van der Waals surface area contributed by atoms with Crippen molar-refractivity contribution in [3.63, 3.8) is 0 Å². The van der Waals surface area contributed by atoms with Crippen molar-refractivity contribution in [2.45, 2.75) is 38.7 Å². The molecule has 1 aromatic carbocycles. The van der Waals surface area contributed by atoms with Crippen LogP contribution in [0.25, 0.3) is 10.9 Å². The number of hydrogen-bond donors (Lipinski definition) is 2. The fourth-order valence-electron chi connectivity index (χ4n) is 3.38. The lowest BCUT2D eigenvalue weighted by Gasteiger charge is -2.20. The van der Waals surface area contributed by atoms with Crippen LogP contribution in [0.2, 0.25) is 0 Å². The molecule has 0 spiro atoms. The summed E-state index contributed by atoms with van der Waals surface area (Å²) in [6, 6.07) is 7.96. The number of nitrogens with one attached hydrogen (secondary N) is 1. The van der Waals surface area contributed by atoms with E-state index in [1.165, 1.54) is 12.8 Å². The van der Waals surface area contributed by atoms with E-state index < -0.39 is 0 Å². The van der Waals surface area contributed by atoms with Gasteiger partial charge in [-0.3, -0.25) is 0 Å². The van der Waals surface area contributed by atoms with Crippen LogP contribution in [0, 0.1) is 12.8 Å². The van der Waals surface area contributed by atoms with Crippen LogP contribution in [0.15, 0.2) is 24.3 Å². The summed E-state index contributed by atoms with van der Waals surface area (Å²) in [5, 5.41) is 14.8. The Bertz CT molecular complexity index is 651. The first-order valence-electron chi connectivity index (χ1n) is 8.05. The average Bonchev–Trinajstić information content (AvgIpc) is 3.06. The Morgan fingerprint density at radius 2 is 2.14 bits per heavy atom. The summed E-state index contributed by atoms with van der Waals surface area (Å²) in [7, 11) is 1.66. The van der Waals surface area contributed by atoms with Gasteiger partial charge in [-0.05, 0) is 37.8 Å². The average molecular weight is 300 g/mol. The molecule has 4 heteroatoms. The van der Waals surface area contributed by atoms with Crippen molar-refractivity contribution in [1.82, 2.24) is 4.98 Å². The maximum absolute atomic E-state index is 10.3. The van der Waals surface area contributed by atoms with Gasteiger partial charge in [0.15, 0.2) is 0 Å². The van der Waals surface area contributed by atoms with Gasteiger partial charge in [0, 0.05) is 23.3 Å². The Labute approximate surface area is 131 Å². The summed E-state index contributed by atoms with van der Waals surface area (Å²) in [5.74, 6) is 1.22. The van der Waals surface area contributed by atoms with E-state index in [0.29, 0.717) is 12.5 Å². The number of benzene rings is 1. The van der Waals surface area contributed by atoms with Crippen molar-refractivity contribution in [2.24, 2.45) is 5.92 Å². The number of methoxy groups -OCH3 is 1. The number of aryl methyl sites for hydroxylation is 1. The van der Waals surface area contributed by atoms with Crippen molar-refractivity contribution in [3.05, 3.63) is 30.0 Å². The number of aromatic nitrogens is 1. The first kappa shape index (κ1) is 15.1. The van der Waals surface area contributed by atoms with Gasteiger partial charge < -0.3 is 15.2 Å². The minimum atomic E-state index is -0.281. The lowest BCUT2D eigenvalue weighted by atomic mass is 10.0.